The minimum Gasteiger partial charge on any atom is -0.322 e. The summed E-state index contributed by atoms with van der Waals surface area (Å²) in [5, 5.41) is 0. The van der Waals surface area contributed by atoms with Crippen LogP contribution in [0.3, 0.4) is 0 Å². The normalized spacial score (nSPS) is 15.9. The second-order valence-corrected chi connectivity index (χ2v) is 3.21. The van der Waals surface area contributed by atoms with Crippen molar-refractivity contribution in [2.45, 2.75) is 13.8 Å². The van der Waals surface area contributed by atoms with Gasteiger partial charge in [-0.25, -0.2) is 0 Å². The molecule has 0 aromatic heterocycles. The predicted molar refractivity (Wildman–Crippen MR) is 53.2 cm³/mol. The minimum atomic E-state index is 0.456. The van der Waals surface area contributed by atoms with Crippen molar-refractivity contribution in [1.29, 1.82) is 0 Å². The average molecular weight is 161 g/mol. The van der Waals surface area contributed by atoms with E-state index in [4.69, 9.17) is 0 Å². The highest BCUT2D eigenvalue weighted by Crippen LogP contribution is 2.21. The van der Waals surface area contributed by atoms with Gasteiger partial charge in [0.2, 0.25) is 0 Å². The summed E-state index contributed by atoms with van der Waals surface area (Å²) in [4.78, 5) is 2.02. The summed E-state index contributed by atoms with van der Waals surface area (Å²) in [6.07, 6.45) is 7.94. The van der Waals surface area contributed by atoms with Crippen LogP contribution in [0.4, 0.5) is 0 Å². The fourth-order valence-electron chi connectivity index (χ4n) is 1.04. The molecule has 64 valence electrons. The first-order valence-corrected chi connectivity index (χ1v) is 4.14. The van der Waals surface area contributed by atoms with Crippen LogP contribution < -0.4 is 0 Å². The topological polar surface area (TPSA) is 3.24 Å². The maximum atomic E-state index is 4.01. The predicted octanol–water partition coefficient (Wildman–Crippen LogP) is 3.06. The van der Waals surface area contributed by atoms with E-state index in [1.165, 1.54) is 0 Å². The van der Waals surface area contributed by atoms with Crippen molar-refractivity contribution in [3.8, 4) is 0 Å². The van der Waals surface area contributed by atoms with E-state index in [-0.39, 0.29) is 0 Å². The van der Waals surface area contributed by atoms with Gasteiger partial charge in [0, 0.05) is 17.6 Å². The summed E-state index contributed by atoms with van der Waals surface area (Å²) in [7, 11) is 0. The molecule has 0 saturated heterocycles. The smallest absolute Gasteiger partial charge is 0.0380 e. The fourth-order valence-corrected chi connectivity index (χ4v) is 1.04. The third-order valence-electron chi connectivity index (χ3n) is 1.92. The minimum absolute atomic E-state index is 0.456. The molecule has 0 aliphatic carbocycles. The molecule has 0 radical (unpaired) electrons. The summed E-state index contributed by atoms with van der Waals surface area (Å²) in [5.74, 6) is 0.456. The highest BCUT2D eigenvalue weighted by Gasteiger charge is 2.10. The molecule has 0 amide bonds. The van der Waals surface area contributed by atoms with Crippen LogP contribution in [0, 0.1) is 5.92 Å². The number of hydrogen-bond donors (Lipinski definition) is 0. The summed E-state index contributed by atoms with van der Waals surface area (Å²) < 4.78 is 0. The second-order valence-electron chi connectivity index (χ2n) is 3.21. The highest BCUT2D eigenvalue weighted by molar-refractivity contribution is 5.30. The second kappa shape index (κ2) is 3.44. The summed E-state index contributed by atoms with van der Waals surface area (Å²) in [6, 6.07) is 0. The van der Waals surface area contributed by atoms with Crippen molar-refractivity contribution in [2.75, 3.05) is 0 Å². The van der Waals surface area contributed by atoms with E-state index >= 15 is 0 Å². The van der Waals surface area contributed by atoms with Crippen molar-refractivity contribution in [3.05, 3.63) is 49.0 Å². The zero-order valence-corrected chi connectivity index (χ0v) is 7.75. The van der Waals surface area contributed by atoms with Crippen molar-refractivity contribution >= 4 is 0 Å². The molecule has 0 aromatic carbocycles. The van der Waals surface area contributed by atoms with Gasteiger partial charge in [0.25, 0.3) is 0 Å². The SMILES string of the molecule is C=C1C=CC=CN1C(=C)C(C)C. The van der Waals surface area contributed by atoms with Gasteiger partial charge in [0.05, 0.1) is 0 Å². The third kappa shape index (κ3) is 1.67. The Morgan fingerprint density at radius 2 is 2.08 bits per heavy atom. The lowest BCUT2D eigenvalue weighted by molar-refractivity contribution is 0.508. The van der Waals surface area contributed by atoms with Crippen molar-refractivity contribution in [1.82, 2.24) is 4.90 Å². The Morgan fingerprint density at radius 3 is 2.58 bits per heavy atom. The molecule has 1 heteroatoms. The molecule has 12 heavy (non-hydrogen) atoms. The Kier molecular flexibility index (Phi) is 2.54. The molecule has 0 aromatic rings. The van der Waals surface area contributed by atoms with E-state index in [0.717, 1.165) is 11.4 Å². The summed E-state index contributed by atoms with van der Waals surface area (Å²) in [6.45, 7) is 12.2. The first kappa shape index (κ1) is 8.85. The number of rotatable bonds is 2. The Bertz CT molecular complexity index is 256. The Hall–Kier alpha value is -1.24. The lowest BCUT2D eigenvalue weighted by atomic mass is 10.1. The molecule has 1 aliphatic heterocycles. The number of allylic oxidation sites excluding steroid dienone is 4. The summed E-state index contributed by atoms with van der Waals surface area (Å²) in [5.41, 5.74) is 2.07. The van der Waals surface area contributed by atoms with Crippen LogP contribution in [0.5, 0.6) is 0 Å². The monoisotopic (exact) mass is 161 g/mol. The van der Waals surface area contributed by atoms with Crippen molar-refractivity contribution in [2.24, 2.45) is 5.92 Å². The van der Waals surface area contributed by atoms with Gasteiger partial charge >= 0.3 is 0 Å². The van der Waals surface area contributed by atoms with E-state index in [1.807, 2.05) is 29.3 Å². The van der Waals surface area contributed by atoms with Crippen LogP contribution in [0.15, 0.2) is 49.0 Å². The van der Waals surface area contributed by atoms with Gasteiger partial charge in [-0.2, -0.15) is 0 Å². The molecule has 0 N–H and O–H groups in total. The van der Waals surface area contributed by atoms with E-state index in [2.05, 4.69) is 27.0 Å². The fraction of sp³-hybridized carbons (Fsp3) is 0.273. The van der Waals surface area contributed by atoms with Crippen LogP contribution in [0.1, 0.15) is 13.8 Å². The van der Waals surface area contributed by atoms with Gasteiger partial charge in [-0.1, -0.05) is 33.1 Å². The molecule has 0 spiro atoms. The molecular formula is C11H15N. The molecular weight excluding hydrogens is 146 g/mol. The molecule has 1 rings (SSSR count). The van der Waals surface area contributed by atoms with Gasteiger partial charge in [-0.15, -0.1) is 0 Å². The number of nitrogens with zero attached hydrogens (tertiary/aromatic N) is 1. The van der Waals surface area contributed by atoms with E-state index in [0.29, 0.717) is 5.92 Å². The lowest BCUT2D eigenvalue weighted by Crippen LogP contribution is -2.18. The van der Waals surface area contributed by atoms with Crippen LogP contribution in [-0.2, 0) is 0 Å². The van der Waals surface area contributed by atoms with Gasteiger partial charge < -0.3 is 4.90 Å². The molecule has 1 nitrogen and oxygen atoms in total. The third-order valence-corrected chi connectivity index (χ3v) is 1.92. The first-order valence-electron chi connectivity index (χ1n) is 4.14. The Balaban J connectivity index is 2.76. The Labute approximate surface area is 74.4 Å². The lowest BCUT2D eigenvalue weighted by Gasteiger charge is -2.27. The summed E-state index contributed by atoms with van der Waals surface area (Å²) >= 11 is 0. The number of hydrogen-bond acceptors (Lipinski definition) is 1. The van der Waals surface area contributed by atoms with Crippen LogP contribution in [0.2, 0.25) is 0 Å². The molecule has 0 atom stereocenters. The van der Waals surface area contributed by atoms with Gasteiger partial charge in [-0.3, -0.25) is 0 Å². The van der Waals surface area contributed by atoms with Crippen LogP contribution in [0.25, 0.3) is 0 Å². The average Bonchev–Trinajstić information content (AvgIpc) is 2.04. The molecule has 1 heterocycles. The van der Waals surface area contributed by atoms with Crippen molar-refractivity contribution < 1.29 is 0 Å². The molecule has 1 aliphatic rings. The van der Waals surface area contributed by atoms with Gasteiger partial charge in [-0.05, 0) is 18.1 Å². The largest absolute Gasteiger partial charge is 0.322 e. The molecule has 0 unspecified atom stereocenters. The first-order chi connectivity index (χ1) is 5.63. The molecule has 0 bridgehead atoms. The molecule has 0 fully saturated rings. The van der Waals surface area contributed by atoms with Gasteiger partial charge in [0.1, 0.15) is 0 Å². The standard InChI is InChI=1S/C11H15N/c1-9(2)11(4)12-8-6-5-7-10(12)3/h5-9H,3-4H2,1-2H3. The Morgan fingerprint density at radius 1 is 1.42 bits per heavy atom. The zero-order chi connectivity index (χ0) is 9.14. The van der Waals surface area contributed by atoms with E-state index < -0.39 is 0 Å². The van der Waals surface area contributed by atoms with E-state index in [9.17, 15) is 0 Å². The van der Waals surface area contributed by atoms with Crippen molar-refractivity contribution in [3.63, 3.8) is 0 Å². The highest BCUT2D eigenvalue weighted by atomic mass is 15.1. The quantitative estimate of drug-likeness (QED) is 0.601. The molecule has 0 saturated carbocycles. The zero-order valence-electron chi connectivity index (χ0n) is 7.75. The van der Waals surface area contributed by atoms with Gasteiger partial charge in [0.15, 0.2) is 0 Å². The maximum Gasteiger partial charge on any atom is 0.0380 e. The van der Waals surface area contributed by atoms with E-state index in [1.54, 1.807) is 0 Å². The van der Waals surface area contributed by atoms with Crippen LogP contribution >= 0.6 is 0 Å². The van der Waals surface area contributed by atoms with Crippen LogP contribution in [-0.4, -0.2) is 4.90 Å². The maximum absolute atomic E-state index is 4.01.